The summed E-state index contributed by atoms with van der Waals surface area (Å²) in [4.78, 5) is 12.6. The summed E-state index contributed by atoms with van der Waals surface area (Å²) in [6, 6.07) is 4.12. The third kappa shape index (κ3) is 7.47. The summed E-state index contributed by atoms with van der Waals surface area (Å²) in [6.45, 7) is 2.20. The first-order valence-corrected chi connectivity index (χ1v) is 4.71. The van der Waals surface area contributed by atoms with Crippen LogP contribution in [0.4, 0.5) is 0 Å². The van der Waals surface area contributed by atoms with Crippen molar-refractivity contribution in [2.24, 2.45) is 0 Å². The summed E-state index contributed by atoms with van der Waals surface area (Å²) in [7, 11) is 0. The molecule has 0 saturated heterocycles. The number of hydrogen-bond donors (Lipinski definition) is 0. The highest BCUT2D eigenvalue weighted by Gasteiger charge is 1.88. The van der Waals surface area contributed by atoms with Crippen LogP contribution in [-0.4, -0.2) is 10.7 Å². The average Bonchev–Trinajstić information content (AvgIpc) is 2.18. The van der Waals surface area contributed by atoms with E-state index in [-0.39, 0.29) is 5.75 Å². The summed E-state index contributed by atoms with van der Waals surface area (Å²) >= 11 is 4.32. The molecule has 72 valence electrons. The van der Waals surface area contributed by atoms with E-state index in [9.17, 15) is 0 Å². The minimum Gasteiger partial charge on any atom is -0.285 e. The van der Waals surface area contributed by atoms with E-state index in [1.54, 1.807) is 0 Å². The van der Waals surface area contributed by atoms with Crippen molar-refractivity contribution in [2.45, 2.75) is 26.2 Å². The fourth-order valence-electron chi connectivity index (χ4n) is 0.927. The zero-order valence-electron chi connectivity index (χ0n) is 7.74. The van der Waals surface area contributed by atoms with Crippen molar-refractivity contribution in [2.75, 3.05) is 0 Å². The van der Waals surface area contributed by atoms with Crippen LogP contribution in [0.15, 0.2) is 24.5 Å². The zero-order chi connectivity index (χ0) is 9.94. The monoisotopic (exact) mass is 199 g/mol. The number of carbonyl (C=O) groups is 1. The molecule has 0 N–H and O–H groups in total. The van der Waals surface area contributed by atoms with Crippen molar-refractivity contribution in [3.63, 3.8) is 0 Å². The molecular weight excluding hydrogens is 186 g/mol. The van der Waals surface area contributed by atoms with Gasteiger partial charge in [-0.2, -0.15) is 0 Å². The number of nitrogens with zero attached hydrogens (tertiary/aromatic N) is 1. The Morgan fingerprint density at radius 2 is 2.31 bits per heavy atom. The Bertz CT molecular complexity index is 213. The first-order chi connectivity index (χ1) is 6.35. The molecule has 0 aliphatic heterocycles. The molecule has 0 spiro atoms. The van der Waals surface area contributed by atoms with Crippen molar-refractivity contribution < 1.29 is 4.79 Å². The van der Waals surface area contributed by atoms with Gasteiger partial charge in [0, 0.05) is 12.4 Å². The Kier molecular flexibility index (Phi) is 8.57. The molecule has 0 unspecified atom stereocenters. The molecule has 0 aliphatic rings. The van der Waals surface area contributed by atoms with Gasteiger partial charge in [-0.25, -0.2) is 0 Å². The first kappa shape index (κ1) is 12.1. The number of unbranched alkanes of at least 4 members (excludes halogenated alkanes) is 1. The van der Waals surface area contributed by atoms with Crippen LogP contribution in [-0.2, 0) is 11.2 Å². The average molecular weight is 200 g/mol. The lowest BCUT2D eigenvalue weighted by Crippen LogP contribution is -1.83. The Balaban J connectivity index is 0.000000424. The number of hydrogen-bond acceptors (Lipinski definition) is 2. The topological polar surface area (TPSA) is 30.0 Å². The molecular formula is C10H14ClNO. The van der Waals surface area contributed by atoms with Crippen LogP contribution in [0.25, 0.3) is 0 Å². The van der Waals surface area contributed by atoms with Gasteiger partial charge in [0.15, 0.2) is 0 Å². The summed E-state index contributed by atoms with van der Waals surface area (Å²) in [5.41, 5.74) is 1.35. The minimum absolute atomic E-state index is 0.222. The summed E-state index contributed by atoms with van der Waals surface area (Å²) in [5.74, 6) is 0.222. The molecule has 0 radical (unpaired) electrons. The van der Waals surface area contributed by atoms with Crippen molar-refractivity contribution >= 4 is 17.3 Å². The Morgan fingerprint density at radius 1 is 1.62 bits per heavy atom. The summed E-state index contributed by atoms with van der Waals surface area (Å²) in [6.07, 6.45) is 7.45. The van der Waals surface area contributed by atoms with Gasteiger partial charge in [0.05, 0.1) is 0 Å². The first-order valence-electron chi connectivity index (χ1n) is 4.27. The lowest BCUT2D eigenvalue weighted by Gasteiger charge is -1.95. The fraction of sp³-hybridized carbons (Fsp3) is 0.400. The van der Waals surface area contributed by atoms with E-state index < -0.39 is 0 Å². The SMILES string of the molecule is CCCCc1cccnc1.O=CCl. The number of carbonyl (C=O) groups excluding carboxylic acids is 1. The van der Waals surface area contributed by atoms with Gasteiger partial charge in [0.1, 0.15) is 0 Å². The van der Waals surface area contributed by atoms with Gasteiger partial charge in [0.2, 0.25) is 5.75 Å². The van der Waals surface area contributed by atoms with Crippen molar-refractivity contribution in [1.29, 1.82) is 0 Å². The van der Waals surface area contributed by atoms with E-state index in [0.717, 1.165) is 0 Å². The van der Waals surface area contributed by atoms with E-state index in [2.05, 4.69) is 29.6 Å². The second kappa shape index (κ2) is 9.20. The van der Waals surface area contributed by atoms with Gasteiger partial charge < -0.3 is 0 Å². The van der Waals surface area contributed by atoms with Gasteiger partial charge in [-0.15, -0.1) is 0 Å². The number of pyridine rings is 1. The van der Waals surface area contributed by atoms with Crippen LogP contribution in [0.2, 0.25) is 0 Å². The molecule has 2 nitrogen and oxygen atoms in total. The predicted octanol–water partition coefficient (Wildman–Crippen LogP) is 2.84. The van der Waals surface area contributed by atoms with Crippen molar-refractivity contribution in [1.82, 2.24) is 4.98 Å². The summed E-state index contributed by atoms with van der Waals surface area (Å²) in [5, 5.41) is 0. The quantitative estimate of drug-likeness (QED) is 0.554. The molecule has 0 aliphatic carbocycles. The van der Waals surface area contributed by atoms with E-state index >= 15 is 0 Å². The highest BCUT2D eigenvalue weighted by atomic mass is 35.5. The van der Waals surface area contributed by atoms with Crippen molar-refractivity contribution in [3.05, 3.63) is 30.1 Å². The normalized spacial score (nSPS) is 8.46. The lowest BCUT2D eigenvalue weighted by atomic mass is 10.1. The van der Waals surface area contributed by atoms with E-state index in [0.29, 0.717) is 0 Å². The molecule has 0 amide bonds. The van der Waals surface area contributed by atoms with Gasteiger partial charge in [0.25, 0.3) is 0 Å². The van der Waals surface area contributed by atoms with Crippen LogP contribution < -0.4 is 0 Å². The second-order valence-corrected chi connectivity index (χ2v) is 2.73. The molecule has 0 aromatic carbocycles. The summed E-state index contributed by atoms with van der Waals surface area (Å²) < 4.78 is 0. The van der Waals surface area contributed by atoms with Crippen LogP contribution in [0.5, 0.6) is 0 Å². The van der Waals surface area contributed by atoms with Crippen LogP contribution in [0.3, 0.4) is 0 Å². The van der Waals surface area contributed by atoms with E-state index in [4.69, 9.17) is 4.79 Å². The Labute approximate surface area is 83.9 Å². The highest BCUT2D eigenvalue weighted by molar-refractivity contribution is 6.54. The molecule has 0 fully saturated rings. The molecule has 1 heterocycles. The van der Waals surface area contributed by atoms with Gasteiger partial charge in [-0.1, -0.05) is 19.4 Å². The largest absolute Gasteiger partial charge is 0.285 e. The number of aromatic nitrogens is 1. The van der Waals surface area contributed by atoms with E-state index in [1.165, 1.54) is 24.8 Å². The fourth-order valence-corrected chi connectivity index (χ4v) is 0.927. The molecule has 0 bridgehead atoms. The predicted molar refractivity (Wildman–Crippen MR) is 55.5 cm³/mol. The Morgan fingerprint density at radius 3 is 2.77 bits per heavy atom. The maximum atomic E-state index is 8.57. The maximum absolute atomic E-state index is 8.57. The number of halogens is 1. The van der Waals surface area contributed by atoms with Gasteiger partial charge in [-0.05, 0) is 36.1 Å². The molecule has 1 rings (SSSR count). The molecule has 13 heavy (non-hydrogen) atoms. The molecule has 3 heteroatoms. The van der Waals surface area contributed by atoms with Crippen LogP contribution in [0, 0.1) is 0 Å². The van der Waals surface area contributed by atoms with Gasteiger partial charge in [-0.3, -0.25) is 9.78 Å². The molecule has 1 aromatic heterocycles. The molecule has 0 atom stereocenters. The third-order valence-electron chi connectivity index (χ3n) is 1.54. The standard InChI is InChI=1S/C9H13N.CHClO/c1-2-3-5-9-6-4-7-10-8-9;2-1-3/h4,6-8H,2-3,5H2,1H3;1H. The molecule has 1 aromatic rings. The van der Waals surface area contributed by atoms with Crippen molar-refractivity contribution in [3.8, 4) is 0 Å². The van der Waals surface area contributed by atoms with E-state index in [1.807, 2.05) is 18.5 Å². The minimum atomic E-state index is 0.222. The second-order valence-electron chi connectivity index (χ2n) is 2.55. The highest BCUT2D eigenvalue weighted by Crippen LogP contribution is 2.01. The zero-order valence-corrected chi connectivity index (χ0v) is 8.50. The van der Waals surface area contributed by atoms with Gasteiger partial charge >= 0.3 is 0 Å². The molecule has 0 saturated carbocycles. The van der Waals surface area contributed by atoms with Crippen LogP contribution >= 0.6 is 11.6 Å². The third-order valence-corrected chi connectivity index (χ3v) is 1.54. The van der Waals surface area contributed by atoms with Crippen LogP contribution in [0.1, 0.15) is 25.3 Å². The number of aryl methyl sites for hydroxylation is 1. The smallest absolute Gasteiger partial charge is 0.208 e. The Hall–Kier alpha value is -0.890. The maximum Gasteiger partial charge on any atom is 0.208 e. The lowest BCUT2D eigenvalue weighted by molar-refractivity contribution is 0.569. The number of rotatable bonds is 3.